The summed E-state index contributed by atoms with van der Waals surface area (Å²) in [6.45, 7) is -0.614. The zero-order valence-electron chi connectivity index (χ0n) is 12.0. The molecule has 1 heterocycles. The van der Waals surface area contributed by atoms with E-state index in [0.29, 0.717) is 22.3 Å². The second-order valence-electron chi connectivity index (χ2n) is 5.09. The van der Waals surface area contributed by atoms with E-state index in [2.05, 4.69) is 9.97 Å². The molecule has 5 nitrogen and oxygen atoms in total. The molecule has 0 bridgehead atoms. The summed E-state index contributed by atoms with van der Waals surface area (Å²) in [5.41, 5.74) is 0.663. The van der Waals surface area contributed by atoms with Crippen LogP contribution < -0.4 is 5.56 Å². The first-order valence-electron chi connectivity index (χ1n) is 6.99. The van der Waals surface area contributed by atoms with E-state index in [4.69, 9.17) is 5.11 Å². The van der Waals surface area contributed by atoms with Crippen molar-refractivity contribution >= 4 is 16.7 Å². The summed E-state index contributed by atoms with van der Waals surface area (Å²) in [5, 5.41) is 9.25. The van der Waals surface area contributed by atoms with Crippen molar-refractivity contribution in [3.05, 3.63) is 75.6 Å². The molecule has 23 heavy (non-hydrogen) atoms. The summed E-state index contributed by atoms with van der Waals surface area (Å²) in [7, 11) is 0. The van der Waals surface area contributed by atoms with Crippen molar-refractivity contribution in [3.8, 4) is 0 Å². The Hall–Kier alpha value is -2.86. The van der Waals surface area contributed by atoms with E-state index in [0.717, 1.165) is 0 Å². The van der Waals surface area contributed by atoms with E-state index >= 15 is 0 Å². The maximum absolute atomic E-state index is 13.7. The van der Waals surface area contributed by atoms with E-state index in [-0.39, 0.29) is 23.4 Å². The highest BCUT2D eigenvalue weighted by atomic mass is 19.1. The lowest BCUT2D eigenvalue weighted by molar-refractivity contribution is 0.0904. The molecular formula is C17H13FN2O3. The van der Waals surface area contributed by atoms with Crippen molar-refractivity contribution in [1.82, 2.24) is 9.97 Å². The quantitative estimate of drug-likeness (QED) is 0.720. The number of ketones is 1. The molecule has 0 saturated carbocycles. The number of aromatic amines is 1. The van der Waals surface area contributed by atoms with Crippen molar-refractivity contribution in [2.45, 2.75) is 6.42 Å². The average Bonchev–Trinajstić information content (AvgIpc) is 2.55. The number of H-pyrrole nitrogens is 1. The molecule has 6 heteroatoms. The Labute approximate surface area is 130 Å². The summed E-state index contributed by atoms with van der Waals surface area (Å²) in [6, 6.07) is 10.6. The molecule has 0 aliphatic rings. The van der Waals surface area contributed by atoms with Crippen molar-refractivity contribution in [2.75, 3.05) is 6.61 Å². The zero-order valence-corrected chi connectivity index (χ0v) is 12.0. The Morgan fingerprint density at radius 3 is 2.74 bits per heavy atom. The number of aliphatic hydroxyl groups excluding tert-OH is 1. The maximum atomic E-state index is 13.7. The zero-order chi connectivity index (χ0) is 16.4. The number of halogens is 1. The molecule has 0 radical (unpaired) electrons. The summed E-state index contributed by atoms with van der Waals surface area (Å²) >= 11 is 0. The second kappa shape index (κ2) is 6.10. The summed E-state index contributed by atoms with van der Waals surface area (Å²) < 4.78 is 13.7. The van der Waals surface area contributed by atoms with Crippen LogP contribution in [0.1, 0.15) is 21.7 Å². The largest absolute Gasteiger partial charge is 0.388 e. The topological polar surface area (TPSA) is 83.0 Å². The number of hydrogen-bond donors (Lipinski definition) is 2. The second-order valence-corrected chi connectivity index (χ2v) is 5.09. The number of aromatic nitrogens is 2. The molecule has 2 N–H and O–H groups in total. The molecule has 0 fully saturated rings. The fraction of sp³-hybridized carbons (Fsp3) is 0.118. The number of carbonyl (C=O) groups is 1. The smallest absolute Gasteiger partial charge is 0.258 e. The van der Waals surface area contributed by atoms with Gasteiger partial charge in [-0.3, -0.25) is 9.59 Å². The van der Waals surface area contributed by atoms with Crippen LogP contribution in [-0.4, -0.2) is 27.5 Å². The number of rotatable bonds is 4. The average molecular weight is 312 g/mol. The van der Waals surface area contributed by atoms with Gasteiger partial charge in [0.15, 0.2) is 5.78 Å². The Morgan fingerprint density at radius 2 is 2.00 bits per heavy atom. The lowest BCUT2D eigenvalue weighted by atomic mass is 10.1. The minimum absolute atomic E-state index is 0.135. The van der Waals surface area contributed by atoms with Crippen LogP contribution in [0.5, 0.6) is 0 Å². The van der Waals surface area contributed by atoms with Gasteiger partial charge in [-0.2, -0.15) is 0 Å². The first-order chi connectivity index (χ1) is 11.1. The molecule has 0 aliphatic heterocycles. The molecule has 0 aliphatic carbocycles. The highest BCUT2D eigenvalue weighted by molar-refractivity contribution is 5.99. The molecule has 116 valence electrons. The molecular weight excluding hydrogens is 299 g/mol. The van der Waals surface area contributed by atoms with Crippen LogP contribution in [0.3, 0.4) is 0 Å². The molecule has 3 aromatic rings. The Bertz CT molecular complexity index is 950. The van der Waals surface area contributed by atoms with Crippen LogP contribution in [0.25, 0.3) is 10.9 Å². The SMILES string of the molecule is O=C(CO)c1ccc2c(=O)[nH]c(Cc3ccccc3F)nc2c1. The maximum Gasteiger partial charge on any atom is 0.258 e. The van der Waals surface area contributed by atoms with Crippen molar-refractivity contribution < 1.29 is 14.3 Å². The first-order valence-corrected chi connectivity index (χ1v) is 6.99. The Balaban J connectivity index is 2.07. The summed E-state index contributed by atoms with van der Waals surface area (Å²) in [6.07, 6.45) is 0.135. The molecule has 0 unspecified atom stereocenters. The third-order valence-corrected chi connectivity index (χ3v) is 3.54. The predicted molar refractivity (Wildman–Crippen MR) is 83.0 cm³/mol. The van der Waals surface area contributed by atoms with E-state index < -0.39 is 12.4 Å². The molecule has 0 amide bonds. The van der Waals surface area contributed by atoms with Gasteiger partial charge in [0.05, 0.1) is 10.9 Å². The third-order valence-electron chi connectivity index (χ3n) is 3.54. The predicted octanol–water partition coefficient (Wildman–Crippen LogP) is 1.83. The number of hydrogen-bond acceptors (Lipinski definition) is 4. The van der Waals surface area contributed by atoms with E-state index in [1.165, 1.54) is 24.3 Å². The number of nitrogens with zero attached hydrogens (tertiary/aromatic N) is 1. The summed E-state index contributed by atoms with van der Waals surface area (Å²) in [4.78, 5) is 30.6. The van der Waals surface area contributed by atoms with Crippen LogP contribution in [0.2, 0.25) is 0 Å². The minimum atomic E-state index is -0.614. The van der Waals surface area contributed by atoms with Crippen LogP contribution in [0.15, 0.2) is 47.3 Å². The van der Waals surface area contributed by atoms with Gasteiger partial charge >= 0.3 is 0 Å². The molecule has 0 atom stereocenters. The van der Waals surface area contributed by atoms with Gasteiger partial charge in [-0.15, -0.1) is 0 Å². The molecule has 0 saturated heterocycles. The third kappa shape index (κ3) is 3.02. The van der Waals surface area contributed by atoms with E-state index in [1.54, 1.807) is 18.2 Å². The van der Waals surface area contributed by atoms with Crippen molar-refractivity contribution in [3.63, 3.8) is 0 Å². The van der Waals surface area contributed by atoms with E-state index in [1.807, 2.05) is 0 Å². The van der Waals surface area contributed by atoms with Gasteiger partial charge in [0.2, 0.25) is 0 Å². The van der Waals surface area contributed by atoms with Gasteiger partial charge < -0.3 is 10.1 Å². The number of aliphatic hydroxyl groups is 1. The lowest BCUT2D eigenvalue weighted by Crippen LogP contribution is -2.13. The Kier molecular flexibility index (Phi) is 3.99. The van der Waals surface area contributed by atoms with Gasteiger partial charge in [0.25, 0.3) is 5.56 Å². The number of benzene rings is 2. The molecule has 2 aromatic carbocycles. The van der Waals surface area contributed by atoms with Gasteiger partial charge in [-0.1, -0.05) is 24.3 Å². The van der Waals surface area contributed by atoms with Gasteiger partial charge in [0.1, 0.15) is 18.2 Å². The van der Waals surface area contributed by atoms with Crippen molar-refractivity contribution in [2.24, 2.45) is 0 Å². The highest BCUT2D eigenvalue weighted by Crippen LogP contribution is 2.14. The number of nitrogens with one attached hydrogen (secondary N) is 1. The van der Waals surface area contributed by atoms with Gasteiger partial charge in [0, 0.05) is 12.0 Å². The fourth-order valence-corrected chi connectivity index (χ4v) is 2.36. The van der Waals surface area contributed by atoms with Crippen LogP contribution in [0, 0.1) is 5.82 Å². The number of carbonyl (C=O) groups excluding carboxylic acids is 1. The van der Waals surface area contributed by atoms with Crippen molar-refractivity contribution in [1.29, 1.82) is 0 Å². The molecule has 3 rings (SSSR count). The fourth-order valence-electron chi connectivity index (χ4n) is 2.36. The van der Waals surface area contributed by atoms with Crippen LogP contribution >= 0.6 is 0 Å². The molecule has 0 spiro atoms. The van der Waals surface area contributed by atoms with Crippen LogP contribution in [-0.2, 0) is 6.42 Å². The highest BCUT2D eigenvalue weighted by Gasteiger charge is 2.10. The standard InChI is InChI=1S/C17H13FN2O3/c18-13-4-2-1-3-10(13)8-16-19-14-7-11(15(22)9-21)5-6-12(14)17(23)20-16/h1-7,21H,8-9H2,(H,19,20,23). The van der Waals surface area contributed by atoms with E-state index in [9.17, 15) is 14.0 Å². The molecule has 1 aromatic heterocycles. The van der Waals surface area contributed by atoms with Gasteiger partial charge in [-0.05, 0) is 23.8 Å². The lowest BCUT2D eigenvalue weighted by Gasteiger charge is -2.05. The first kappa shape index (κ1) is 15.1. The monoisotopic (exact) mass is 312 g/mol. The Morgan fingerprint density at radius 1 is 1.22 bits per heavy atom. The number of fused-ring (bicyclic) bond motifs is 1. The normalized spacial score (nSPS) is 10.9. The minimum Gasteiger partial charge on any atom is -0.388 e. The van der Waals surface area contributed by atoms with Crippen LogP contribution in [0.4, 0.5) is 4.39 Å². The van der Waals surface area contributed by atoms with Gasteiger partial charge in [-0.25, -0.2) is 9.37 Å². The summed E-state index contributed by atoms with van der Waals surface area (Å²) in [5.74, 6) is -0.523. The number of Topliss-reactive ketones (excluding diaryl/α,β-unsaturated/α-hetero) is 1.